The summed E-state index contributed by atoms with van der Waals surface area (Å²) in [5.74, 6) is -1.79. The van der Waals surface area contributed by atoms with Crippen molar-refractivity contribution in [2.75, 3.05) is 6.61 Å². The molecule has 2 unspecified atom stereocenters. The van der Waals surface area contributed by atoms with E-state index < -0.39 is 29.0 Å². The van der Waals surface area contributed by atoms with E-state index in [1.54, 1.807) is 13.8 Å². The van der Waals surface area contributed by atoms with Gasteiger partial charge in [-0.3, -0.25) is 4.79 Å². The Hall–Kier alpha value is -3.35. The highest BCUT2D eigenvalue weighted by Crippen LogP contribution is 2.44. The number of ether oxygens (including phenoxy) is 1. The van der Waals surface area contributed by atoms with Gasteiger partial charge >= 0.3 is 12.1 Å². The Bertz CT molecular complexity index is 1050. The maximum Gasteiger partial charge on any atom is 0.408 e. The van der Waals surface area contributed by atoms with Crippen LogP contribution in [0.25, 0.3) is 11.1 Å². The largest absolute Gasteiger partial charge is 0.480 e. The molecule has 0 aliphatic heterocycles. The van der Waals surface area contributed by atoms with E-state index in [0.717, 1.165) is 35.1 Å². The second-order valence-corrected chi connectivity index (χ2v) is 9.37. The van der Waals surface area contributed by atoms with Crippen LogP contribution >= 0.6 is 0 Å². The first-order chi connectivity index (χ1) is 15.7. The SMILES string of the molecule is CCC(C)(NC(=O)OCC1c2ccccc2-c2ccccc21)C(=O)NC(C)(C(=O)O)C1CC1. The number of nitrogens with one attached hydrogen (secondary N) is 2. The summed E-state index contributed by atoms with van der Waals surface area (Å²) in [6.45, 7) is 5.00. The van der Waals surface area contributed by atoms with E-state index in [4.69, 9.17) is 4.74 Å². The molecule has 3 N–H and O–H groups in total. The quantitative estimate of drug-likeness (QED) is 0.563. The van der Waals surface area contributed by atoms with Crippen molar-refractivity contribution in [3.05, 3.63) is 59.7 Å². The second kappa shape index (κ2) is 8.54. The minimum absolute atomic E-state index is 0.0879. The summed E-state index contributed by atoms with van der Waals surface area (Å²) in [4.78, 5) is 37.5. The Morgan fingerprint density at radius 3 is 2.00 bits per heavy atom. The molecule has 1 saturated carbocycles. The zero-order chi connectivity index (χ0) is 23.8. The molecule has 0 radical (unpaired) electrons. The molecule has 0 spiro atoms. The fourth-order valence-electron chi connectivity index (χ4n) is 4.53. The molecule has 33 heavy (non-hydrogen) atoms. The molecule has 0 heterocycles. The van der Waals surface area contributed by atoms with Crippen LogP contribution in [0.3, 0.4) is 0 Å². The number of carbonyl (C=O) groups excluding carboxylic acids is 2. The van der Waals surface area contributed by atoms with Crippen LogP contribution in [-0.2, 0) is 14.3 Å². The molecule has 0 bridgehead atoms. The molecule has 0 aromatic heterocycles. The number of carboxylic acid groups (broad SMARTS) is 1. The maximum atomic E-state index is 13.0. The average Bonchev–Trinajstić information content (AvgIpc) is 3.61. The predicted octanol–water partition coefficient (Wildman–Crippen LogP) is 4.06. The van der Waals surface area contributed by atoms with Gasteiger partial charge in [0.1, 0.15) is 17.7 Å². The number of benzene rings is 2. The molecule has 7 heteroatoms. The lowest BCUT2D eigenvalue weighted by molar-refractivity contribution is -0.149. The number of hydrogen-bond acceptors (Lipinski definition) is 4. The molecule has 1 fully saturated rings. The second-order valence-electron chi connectivity index (χ2n) is 9.37. The van der Waals surface area contributed by atoms with Gasteiger partial charge in [-0.15, -0.1) is 0 Å². The third-order valence-corrected chi connectivity index (χ3v) is 7.14. The summed E-state index contributed by atoms with van der Waals surface area (Å²) >= 11 is 0. The first-order valence-electron chi connectivity index (χ1n) is 11.4. The molecular formula is C26H30N2O5. The summed E-state index contributed by atoms with van der Waals surface area (Å²) in [7, 11) is 0. The fraction of sp³-hybridized carbons (Fsp3) is 0.423. The summed E-state index contributed by atoms with van der Waals surface area (Å²) < 4.78 is 5.58. The zero-order valence-electron chi connectivity index (χ0n) is 19.2. The van der Waals surface area contributed by atoms with Crippen molar-refractivity contribution >= 4 is 18.0 Å². The summed E-state index contributed by atoms with van der Waals surface area (Å²) in [6, 6.07) is 16.1. The predicted molar refractivity (Wildman–Crippen MR) is 124 cm³/mol. The van der Waals surface area contributed by atoms with Crippen molar-refractivity contribution in [1.29, 1.82) is 0 Å². The number of carbonyl (C=O) groups is 3. The van der Waals surface area contributed by atoms with Gasteiger partial charge < -0.3 is 20.5 Å². The molecule has 2 amide bonds. The highest BCUT2D eigenvalue weighted by atomic mass is 16.5. The van der Waals surface area contributed by atoms with Gasteiger partial charge in [0, 0.05) is 5.92 Å². The Morgan fingerprint density at radius 1 is 0.970 bits per heavy atom. The smallest absolute Gasteiger partial charge is 0.408 e. The molecule has 2 aromatic rings. The Labute approximate surface area is 193 Å². The van der Waals surface area contributed by atoms with Crippen molar-refractivity contribution in [2.24, 2.45) is 5.92 Å². The minimum Gasteiger partial charge on any atom is -0.480 e. The number of rotatable bonds is 8. The van der Waals surface area contributed by atoms with Gasteiger partial charge in [-0.05, 0) is 61.3 Å². The van der Waals surface area contributed by atoms with Crippen LogP contribution in [0.15, 0.2) is 48.5 Å². The lowest BCUT2D eigenvalue weighted by Gasteiger charge is -2.33. The third kappa shape index (κ3) is 4.19. The molecule has 4 rings (SSSR count). The van der Waals surface area contributed by atoms with Crippen molar-refractivity contribution in [1.82, 2.24) is 10.6 Å². The van der Waals surface area contributed by atoms with Crippen LogP contribution in [-0.4, -0.2) is 40.8 Å². The van der Waals surface area contributed by atoms with Crippen LogP contribution < -0.4 is 10.6 Å². The molecule has 0 saturated heterocycles. The Morgan fingerprint density at radius 2 is 1.52 bits per heavy atom. The standard InChI is InChI=1S/C26H30N2O5/c1-4-25(2,22(29)27-26(3,23(30)31)16-13-14-16)28-24(32)33-15-21-19-11-7-5-9-17(19)18-10-6-8-12-20(18)21/h5-12,16,21H,4,13-15H2,1-3H3,(H,27,29)(H,28,32)(H,30,31). The number of aliphatic carboxylic acids is 1. The topological polar surface area (TPSA) is 105 Å². The maximum absolute atomic E-state index is 13.0. The van der Waals surface area contributed by atoms with Crippen molar-refractivity contribution in [2.45, 2.75) is 57.0 Å². The van der Waals surface area contributed by atoms with E-state index in [1.807, 2.05) is 36.4 Å². The Balaban J connectivity index is 1.43. The van der Waals surface area contributed by atoms with Gasteiger partial charge in [0.25, 0.3) is 0 Å². The summed E-state index contributed by atoms with van der Waals surface area (Å²) in [5, 5.41) is 15.0. The number of amides is 2. The van der Waals surface area contributed by atoms with Crippen molar-refractivity contribution in [3.8, 4) is 11.1 Å². The molecular weight excluding hydrogens is 420 g/mol. The van der Waals surface area contributed by atoms with Crippen molar-refractivity contribution in [3.63, 3.8) is 0 Å². The lowest BCUT2D eigenvalue weighted by atomic mass is 9.91. The van der Waals surface area contributed by atoms with E-state index >= 15 is 0 Å². The third-order valence-electron chi connectivity index (χ3n) is 7.14. The van der Waals surface area contributed by atoms with Gasteiger partial charge in [-0.25, -0.2) is 9.59 Å². The van der Waals surface area contributed by atoms with Gasteiger partial charge in [0.15, 0.2) is 0 Å². The molecule has 2 aliphatic carbocycles. The van der Waals surface area contributed by atoms with Crippen LogP contribution in [0.5, 0.6) is 0 Å². The highest BCUT2D eigenvalue weighted by Gasteiger charge is 2.50. The zero-order valence-corrected chi connectivity index (χ0v) is 19.2. The number of alkyl carbamates (subject to hydrolysis) is 1. The van der Waals surface area contributed by atoms with Gasteiger partial charge in [0.2, 0.25) is 5.91 Å². The van der Waals surface area contributed by atoms with Crippen LogP contribution in [0.2, 0.25) is 0 Å². The lowest BCUT2D eigenvalue weighted by Crippen LogP contribution is -2.63. The van der Waals surface area contributed by atoms with E-state index in [9.17, 15) is 19.5 Å². The van der Waals surface area contributed by atoms with Crippen molar-refractivity contribution < 1.29 is 24.2 Å². The molecule has 174 valence electrons. The van der Waals surface area contributed by atoms with Crippen LogP contribution in [0, 0.1) is 5.92 Å². The minimum atomic E-state index is -1.35. The van der Waals surface area contributed by atoms with Crippen LogP contribution in [0.4, 0.5) is 4.79 Å². The molecule has 2 aromatic carbocycles. The van der Waals surface area contributed by atoms with Crippen LogP contribution in [0.1, 0.15) is 57.1 Å². The van der Waals surface area contributed by atoms with Gasteiger partial charge in [0.05, 0.1) is 0 Å². The monoisotopic (exact) mass is 450 g/mol. The average molecular weight is 451 g/mol. The van der Waals surface area contributed by atoms with Gasteiger partial charge in [-0.2, -0.15) is 0 Å². The fourth-order valence-corrected chi connectivity index (χ4v) is 4.53. The number of fused-ring (bicyclic) bond motifs is 3. The first-order valence-corrected chi connectivity index (χ1v) is 11.4. The highest BCUT2D eigenvalue weighted by molar-refractivity contribution is 5.94. The first kappa shape index (κ1) is 22.8. The van der Waals surface area contributed by atoms with E-state index in [2.05, 4.69) is 22.8 Å². The molecule has 7 nitrogen and oxygen atoms in total. The van der Waals surface area contributed by atoms with E-state index in [1.165, 1.54) is 6.92 Å². The van der Waals surface area contributed by atoms with E-state index in [-0.39, 0.29) is 24.9 Å². The summed E-state index contributed by atoms with van der Waals surface area (Å²) in [6.07, 6.45) is 1.08. The van der Waals surface area contributed by atoms with E-state index in [0.29, 0.717) is 0 Å². The number of hydrogen-bond donors (Lipinski definition) is 3. The normalized spacial score (nSPS) is 18.3. The molecule has 2 atom stereocenters. The number of carboxylic acids is 1. The Kier molecular flexibility index (Phi) is 5.91. The molecule has 2 aliphatic rings. The summed E-state index contributed by atoms with van der Waals surface area (Å²) in [5.41, 5.74) is 1.82. The van der Waals surface area contributed by atoms with Gasteiger partial charge in [-0.1, -0.05) is 55.5 Å².